The van der Waals surface area contributed by atoms with Crippen LogP contribution in [0.3, 0.4) is 0 Å². The highest BCUT2D eigenvalue weighted by atomic mass is 32.3. The van der Waals surface area contributed by atoms with Crippen LogP contribution < -0.4 is 14.2 Å². The van der Waals surface area contributed by atoms with Crippen molar-refractivity contribution >= 4 is 19.7 Å². The standard InChI is InChI=1S/C13H18O7S2/c1-18-10-7-9(8-11(19-2)12(10)20-3)13-21(14,15)5-4-6-22(13,16)17/h7-8,13H,4-6H2,1-3H3. The minimum atomic E-state index is -3.79. The van der Waals surface area contributed by atoms with Crippen LogP contribution in [-0.2, 0) is 19.7 Å². The van der Waals surface area contributed by atoms with Crippen molar-refractivity contribution in [1.82, 2.24) is 0 Å². The largest absolute Gasteiger partial charge is 0.493 e. The lowest BCUT2D eigenvalue weighted by molar-refractivity contribution is 0.324. The molecule has 0 radical (unpaired) electrons. The summed E-state index contributed by atoms with van der Waals surface area (Å²) < 4.78 is 62.9. The van der Waals surface area contributed by atoms with Crippen molar-refractivity contribution < 1.29 is 31.0 Å². The smallest absolute Gasteiger partial charge is 0.203 e. The molecular formula is C13H18O7S2. The van der Waals surface area contributed by atoms with Gasteiger partial charge in [-0.1, -0.05) is 0 Å². The van der Waals surface area contributed by atoms with Crippen LogP contribution in [0.25, 0.3) is 0 Å². The highest BCUT2D eigenvalue weighted by molar-refractivity contribution is 8.09. The fourth-order valence-electron chi connectivity index (χ4n) is 2.55. The summed E-state index contributed by atoms with van der Waals surface area (Å²) in [7, 11) is -3.42. The maximum absolute atomic E-state index is 12.3. The second-order valence-corrected chi connectivity index (χ2v) is 9.59. The molecule has 7 nitrogen and oxygen atoms in total. The van der Waals surface area contributed by atoms with Gasteiger partial charge in [0.2, 0.25) is 5.75 Å². The Labute approximate surface area is 130 Å². The van der Waals surface area contributed by atoms with E-state index < -0.39 is 24.3 Å². The number of hydrogen-bond donors (Lipinski definition) is 0. The van der Waals surface area contributed by atoms with E-state index in [2.05, 4.69) is 0 Å². The van der Waals surface area contributed by atoms with Gasteiger partial charge in [0, 0.05) is 0 Å². The van der Waals surface area contributed by atoms with Crippen LogP contribution in [-0.4, -0.2) is 49.7 Å². The number of sulfone groups is 2. The molecule has 0 bridgehead atoms. The molecule has 1 aromatic rings. The van der Waals surface area contributed by atoms with Crippen LogP contribution >= 0.6 is 0 Å². The number of rotatable bonds is 4. The third-order valence-electron chi connectivity index (χ3n) is 3.47. The normalized spacial score (nSPS) is 20.3. The van der Waals surface area contributed by atoms with E-state index in [1.54, 1.807) is 0 Å². The third-order valence-corrected chi connectivity index (χ3v) is 8.79. The number of hydrogen-bond acceptors (Lipinski definition) is 7. The molecule has 1 aliphatic heterocycles. The summed E-state index contributed by atoms with van der Waals surface area (Å²) in [4.78, 5) is 0. The Morgan fingerprint density at radius 2 is 1.32 bits per heavy atom. The minimum absolute atomic E-state index is 0.106. The molecule has 0 atom stereocenters. The molecule has 0 aromatic heterocycles. The van der Waals surface area contributed by atoms with Crippen LogP contribution in [0.15, 0.2) is 12.1 Å². The van der Waals surface area contributed by atoms with Gasteiger partial charge in [-0.25, -0.2) is 16.8 Å². The fraction of sp³-hybridized carbons (Fsp3) is 0.538. The summed E-state index contributed by atoms with van der Waals surface area (Å²) in [5, 5.41) is 0. The van der Waals surface area contributed by atoms with Crippen molar-refractivity contribution in [2.75, 3.05) is 32.8 Å². The minimum Gasteiger partial charge on any atom is -0.493 e. The molecule has 0 saturated carbocycles. The first kappa shape index (κ1) is 16.9. The molecule has 2 rings (SSSR count). The Morgan fingerprint density at radius 1 is 0.864 bits per heavy atom. The molecule has 0 unspecified atom stereocenters. The first-order valence-corrected chi connectivity index (χ1v) is 9.93. The summed E-state index contributed by atoms with van der Waals surface area (Å²) in [5.41, 5.74) is 0.106. The van der Waals surface area contributed by atoms with E-state index in [1.165, 1.54) is 33.5 Å². The predicted molar refractivity (Wildman–Crippen MR) is 81.0 cm³/mol. The van der Waals surface area contributed by atoms with Gasteiger partial charge in [-0.2, -0.15) is 0 Å². The van der Waals surface area contributed by atoms with Gasteiger partial charge in [-0.3, -0.25) is 0 Å². The molecule has 0 aliphatic carbocycles. The molecule has 124 valence electrons. The highest BCUT2D eigenvalue weighted by Crippen LogP contribution is 2.43. The van der Waals surface area contributed by atoms with E-state index in [4.69, 9.17) is 14.2 Å². The second kappa shape index (κ2) is 5.96. The van der Waals surface area contributed by atoms with Crippen LogP contribution in [0, 0.1) is 0 Å². The van der Waals surface area contributed by atoms with E-state index >= 15 is 0 Å². The first-order valence-electron chi connectivity index (χ1n) is 6.50. The van der Waals surface area contributed by atoms with Crippen molar-refractivity contribution in [1.29, 1.82) is 0 Å². The quantitative estimate of drug-likeness (QED) is 0.797. The Morgan fingerprint density at radius 3 is 1.68 bits per heavy atom. The topological polar surface area (TPSA) is 96.0 Å². The molecule has 0 amide bonds. The lowest BCUT2D eigenvalue weighted by atomic mass is 10.2. The Bertz CT molecular complexity index is 707. The average Bonchev–Trinajstić information content (AvgIpc) is 2.44. The zero-order valence-corrected chi connectivity index (χ0v) is 14.2. The van der Waals surface area contributed by atoms with Gasteiger partial charge in [0.05, 0.1) is 32.8 Å². The molecule has 1 aromatic carbocycles. The van der Waals surface area contributed by atoms with Gasteiger partial charge in [0.15, 0.2) is 35.8 Å². The lowest BCUT2D eigenvalue weighted by Gasteiger charge is -2.24. The molecule has 1 aliphatic rings. The molecule has 9 heteroatoms. The van der Waals surface area contributed by atoms with Crippen molar-refractivity contribution in [2.24, 2.45) is 0 Å². The summed E-state index contributed by atoms with van der Waals surface area (Å²) >= 11 is 0. The van der Waals surface area contributed by atoms with E-state index in [1.807, 2.05) is 0 Å². The van der Waals surface area contributed by atoms with Crippen LogP contribution in [0.1, 0.15) is 16.6 Å². The van der Waals surface area contributed by atoms with E-state index in [0.717, 1.165) is 0 Å². The lowest BCUT2D eigenvalue weighted by Crippen LogP contribution is -2.32. The first-order chi connectivity index (χ1) is 10.3. The highest BCUT2D eigenvalue weighted by Gasteiger charge is 2.43. The van der Waals surface area contributed by atoms with E-state index in [0.29, 0.717) is 0 Å². The summed E-state index contributed by atoms with van der Waals surface area (Å²) in [6.07, 6.45) is 0.117. The molecule has 1 fully saturated rings. The Hall–Kier alpha value is -1.48. The third kappa shape index (κ3) is 2.87. The SMILES string of the molecule is COc1cc(C2S(=O)(=O)CCCS2(=O)=O)cc(OC)c1OC. The van der Waals surface area contributed by atoms with Crippen molar-refractivity contribution in [3.05, 3.63) is 17.7 Å². The Balaban J connectivity index is 2.70. The monoisotopic (exact) mass is 350 g/mol. The Kier molecular flexibility index (Phi) is 4.57. The van der Waals surface area contributed by atoms with Gasteiger partial charge in [0.25, 0.3) is 0 Å². The van der Waals surface area contributed by atoms with Gasteiger partial charge in [0.1, 0.15) is 0 Å². The van der Waals surface area contributed by atoms with E-state index in [-0.39, 0.29) is 40.7 Å². The average molecular weight is 350 g/mol. The molecule has 0 N–H and O–H groups in total. The summed E-state index contributed by atoms with van der Waals surface area (Å²) in [5.74, 6) is 0.390. The van der Waals surface area contributed by atoms with Crippen LogP contribution in [0.4, 0.5) is 0 Å². The zero-order chi connectivity index (χ0) is 16.5. The van der Waals surface area contributed by atoms with Crippen molar-refractivity contribution in [3.8, 4) is 17.2 Å². The molecule has 1 saturated heterocycles. The van der Waals surface area contributed by atoms with Gasteiger partial charge < -0.3 is 14.2 Å². The predicted octanol–water partition coefficient (Wildman–Crippen LogP) is 0.944. The maximum atomic E-state index is 12.3. The van der Waals surface area contributed by atoms with Gasteiger partial charge in [-0.05, 0) is 24.1 Å². The number of methoxy groups -OCH3 is 3. The van der Waals surface area contributed by atoms with Crippen molar-refractivity contribution in [2.45, 2.75) is 11.0 Å². The fourth-order valence-corrected chi connectivity index (χ4v) is 7.72. The summed E-state index contributed by atoms with van der Waals surface area (Å²) in [6.45, 7) is 0. The molecule has 0 spiro atoms. The van der Waals surface area contributed by atoms with Crippen molar-refractivity contribution in [3.63, 3.8) is 0 Å². The molecule has 22 heavy (non-hydrogen) atoms. The number of ether oxygens (including phenoxy) is 3. The maximum Gasteiger partial charge on any atom is 0.203 e. The molecular weight excluding hydrogens is 332 g/mol. The van der Waals surface area contributed by atoms with Crippen LogP contribution in [0.2, 0.25) is 0 Å². The second-order valence-electron chi connectivity index (χ2n) is 4.88. The van der Waals surface area contributed by atoms with Gasteiger partial charge >= 0.3 is 0 Å². The molecule has 1 heterocycles. The van der Waals surface area contributed by atoms with Crippen LogP contribution in [0.5, 0.6) is 17.2 Å². The van der Waals surface area contributed by atoms with E-state index in [9.17, 15) is 16.8 Å². The summed E-state index contributed by atoms with van der Waals surface area (Å²) in [6, 6.07) is 2.74. The van der Waals surface area contributed by atoms with Gasteiger partial charge in [-0.15, -0.1) is 0 Å². The number of benzene rings is 1. The zero-order valence-electron chi connectivity index (χ0n) is 12.5.